The van der Waals surface area contributed by atoms with Crippen molar-refractivity contribution in [2.24, 2.45) is 29.4 Å². The van der Waals surface area contributed by atoms with Crippen LogP contribution < -0.4 is 11.5 Å². The van der Waals surface area contributed by atoms with Gasteiger partial charge in [0, 0.05) is 36.2 Å². The predicted octanol–water partition coefficient (Wildman–Crippen LogP) is 1.00. The van der Waals surface area contributed by atoms with Gasteiger partial charge in [-0.1, -0.05) is 12.5 Å². The number of rotatable bonds is 4. The Morgan fingerprint density at radius 2 is 1.80 bits per heavy atom. The summed E-state index contributed by atoms with van der Waals surface area (Å²) in [4.78, 5) is 51.4. The fraction of sp³-hybridized carbons (Fsp3) is 0.400. The van der Waals surface area contributed by atoms with E-state index in [0.29, 0.717) is 18.4 Å². The van der Waals surface area contributed by atoms with Crippen LogP contribution in [0.25, 0.3) is 5.76 Å². The number of anilines is 1. The summed E-state index contributed by atoms with van der Waals surface area (Å²) in [6, 6.07) is 2.97. The summed E-state index contributed by atoms with van der Waals surface area (Å²) in [5.74, 6) is -8.86. The van der Waals surface area contributed by atoms with Gasteiger partial charge in [0.05, 0.1) is 11.3 Å². The maximum absolute atomic E-state index is 13.7. The van der Waals surface area contributed by atoms with E-state index in [0.717, 1.165) is 6.42 Å². The first-order chi connectivity index (χ1) is 16.5. The number of aliphatic hydroxyl groups excluding tert-OH is 2. The second kappa shape index (κ2) is 7.67. The zero-order valence-corrected chi connectivity index (χ0v) is 18.7. The molecule has 10 nitrogen and oxygen atoms in total. The molecule has 35 heavy (non-hydrogen) atoms. The van der Waals surface area contributed by atoms with Crippen LogP contribution in [0.3, 0.4) is 0 Å². The van der Waals surface area contributed by atoms with Crippen molar-refractivity contribution in [3.63, 3.8) is 0 Å². The molecule has 0 bridgehead atoms. The summed E-state index contributed by atoms with van der Waals surface area (Å²) >= 11 is 0. The van der Waals surface area contributed by atoms with Crippen LogP contribution in [0.4, 0.5) is 5.69 Å². The lowest BCUT2D eigenvalue weighted by Gasteiger charge is -2.50. The largest absolute Gasteiger partial charge is 0.508 e. The summed E-state index contributed by atoms with van der Waals surface area (Å²) in [5.41, 5.74) is 7.21. The highest BCUT2D eigenvalue weighted by atomic mass is 16.3. The van der Waals surface area contributed by atoms with Gasteiger partial charge in [0.2, 0.25) is 5.78 Å². The number of ketones is 3. The van der Waals surface area contributed by atoms with Gasteiger partial charge in [-0.25, -0.2) is 0 Å². The lowest BCUT2D eigenvalue weighted by atomic mass is 9.53. The van der Waals surface area contributed by atoms with E-state index in [9.17, 15) is 39.6 Å². The average molecular weight is 481 g/mol. The van der Waals surface area contributed by atoms with E-state index in [1.165, 1.54) is 6.07 Å². The monoisotopic (exact) mass is 481 g/mol. The normalized spacial score (nSPS) is 30.4. The molecule has 1 aromatic rings. The van der Waals surface area contributed by atoms with Crippen molar-refractivity contribution in [1.29, 1.82) is 0 Å². The van der Waals surface area contributed by atoms with E-state index in [4.69, 9.17) is 11.5 Å². The maximum Gasteiger partial charge on any atom is 0.255 e. The Balaban J connectivity index is 1.73. The zero-order valence-electron chi connectivity index (χ0n) is 18.7. The van der Waals surface area contributed by atoms with Gasteiger partial charge in [-0.05, 0) is 36.8 Å². The SMILES string of the molecule is NC(=O)C1=C(O)[C@@]2(O)C(=O)C3=C(O)c4c(ccc(N)c4O)[CH][C@H]3[C@H](CC(=O)C3CCC3)[C@H]2CC1=O. The minimum absolute atomic E-state index is 0.0543. The number of aliphatic hydroxyl groups is 3. The number of fused-ring (bicyclic) bond motifs is 3. The summed E-state index contributed by atoms with van der Waals surface area (Å²) in [6.45, 7) is 0. The minimum atomic E-state index is -2.76. The van der Waals surface area contributed by atoms with E-state index >= 15 is 0 Å². The molecule has 0 unspecified atom stereocenters. The Bertz CT molecular complexity index is 1270. The second-order valence-electron chi connectivity index (χ2n) is 9.80. The molecule has 0 spiro atoms. The van der Waals surface area contributed by atoms with Crippen LogP contribution in [0.5, 0.6) is 5.75 Å². The van der Waals surface area contributed by atoms with Gasteiger partial charge < -0.3 is 31.9 Å². The molecule has 4 atom stereocenters. The fourth-order valence-electron chi connectivity index (χ4n) is 5.97. The first-order valence-electron chi connectivity index (χ1n) is 11.4. The van der Waals surface area contributed by atoms with E-state index in [-0.39, 0.29) is 34.9 Å². The number of Topliss-reactive ketones (excluding diaryl/α,β-unsaturated/α-hetero) is 3. The fourth-order valence-corrected chi connectivity index (χ4v) is 5.97. The highest BCUT2D eigenvalue weighted by molar-refractivity contribution is 6.23. The smallest absolute Gasteiger partial charge is 0.255 e. The lowest BCUT2D eigenvalue weighted by molar-refractivity contribution is -0.154. The number of phenols is 1. The molecule has 1 radical (unpaired) electrons. The Hall–Kier alpha value is -3.66. The molecule has 0 heterocycles. The van der Waals surface area contributed by atoms with E-state index < -0.39 is 70.1 Å². The zero-order chi connectivity index (χ0) is 25.4. The molecule has 1 aromatic carbocycles. The molecule has 2 fully saturated rings. The summed E-state index contributed by atoms with van der Waals surface area (Å²) in [6.07, 6.45) is 3.32. The minimum Gasteiger partial charge on any atom is -0.508 e. The molecule has 5 rings (SSSR count). The van der Waals surface area contributed by atoms with Gasteiger partial charge in [0.25, 0.3) is 5.91 Å². The van der Waals surface area contributed by atoms with Crippen LogP contribution in [-0.2, 0) is 19.2 Å². The summed E-state index contributed by atoms with van der Waals surface area (Å²) in [5, 5.41) is 44.1. The second-order valence-corrected chi connectivity index (χ2v) is 9.80. The molecular weight excluding hydrogens is 456 g/mol. The highest BCUT2D eigenvalue weighted by Gasteiger charge is 2.64. The van der Waals surface area contributed by atoms with Gasteiger partial charge in [-0.2, -0.15) is 0 Å². The molecule has 0 aliphatic heterocycles. The third-order valence-electron chi connectivity index (χ3n) is 8.06. The number of amides is 1. The molecular formula is C25H25N2O8. The number of carbonyl (C=O) groups is 4. The van der Waals surface area contributed by atoms with Crippen molar-refractivity contribution in [2.45, 2.75) is 37.7 Å². The van der Waals surface area contributed by atoms with Crippen LogP contribution in [0.15, 0.2) is 29.0 Å². The molecule has 0 saturated heterocycles. The number of aromatic hydroxyl groups is 1. The number of carbonyl (C=O) groups excluding carboxylic acids is 4. The van der Waals surface area contributed by atoms with Gasteiger partial charge >= 0.3 is 0 Å². The van der Waals surface area contributed by atoms with Crippen LogP contribution >= 0.6 is 0 Å². The number of phenolic OH excluding ortho intramolecular Hbond substituents is 1. The van der Waals surface area contributed by atoms with Crippen molar-refractivity contribution >= 4 is 34.7 Å². The Labute approximate surface area is 199 Å². The van der Waals surface area contributed by atoms with Gasteiger partial charge in [-0.15, -0.1) is 0 Å². The molecule has 10 heteroatoms. The van der Waals surface area contributed by atoms with Crippen LogP contribution in [0.2, 0.25) is 0 Å². The number of primary amides is 1. The molecule has 2 saturated carbocycles. The number of nitrogens with two attached hydrogens (primary N) is 2. The van der Waals surface area contributed by atoms with Gasteiger partial charge in [0.15, 0.2) is 11.4 Å². The molecule has 183 valence electrons. The van der Waals surface area contributed by atoms with E-state index in [2.05, 4.69) is 0 Å². The topological polar surface area (TPSA) is 201 Å². The van der Waals surface area contributed by atoms with Crippen LogP contribution in [-0.4, -0.2) is 49.3 Å². The van der Waals surface area contributed by atoms with E-state index in [1.807, 2.05) is 0 Å². The number of benzene rings is 1. The van der Waals surface area contributed by atoms with Crippen molar-refractivity contribution in [1.82, 2.24) is 0 Å². The number of hydrogen-bond acceptors (Lipinski definition) is 9. The maximum atomic E-state index is 13.7. The lowest BCUT2D eigenvalue weighted by Crippen LogP contribution is -2.61. The third kappa shape index (κ3) is 3.05. The quantitative estimate of drug-likeness (QED) is 0.206. The van der Waals surface area contributed by atoms with Crippen molar-refractivity contribution in [2.75, 3.05) is 5.73 Å². The van der Waals surface area contributed by atoms with Gasteiger partial charge in [0.1, 0.15) is 28.6 Å². The molecule has 1 amide bonds. The molecule has 0 aromatic heterocycles. The van der Waals surface area contributed by atoms with E-state index in [1.54, 1.807) is 12.5 Å². The highest BCUT2D eigenvalue weighted by Crippen LogP contribution is 2.56. The molecule has 8 N–H and O–H groups in total. The van der Waals surface area contributed by atoms with Crippen molar-refractivity contribution < 1.29 is 39.6 Å². The Morgan fingerprint density at radius 1 is 1.11 bits per heavy atom. The van der Waals surface area contributed by atoms with Gasteiger partial charge in [-0.3, -0.25) is 19.2 Å². The predicted molar refractivity (Wildman–Crippen MR) is 121 cm³/mol. The number of nitrogen functional groups attached to an aromatic ring is 1. The Kier molecular flexibility index (Phi) is 5.06. The van der Waals surface area contributed by atoms with Crippen molar-refractivity contribution in [3.05, 3.63) is 46.6 Å². The van der Waals surface area contributed by atoms with Crippen LogP contribution in [0.1, 0.15) is 43.2 Å². The third-order valence-corrected chi connectivity index (χ3v) is 8.06. The van der Waals surface area contributed by atoms with Crippen molar-refractivity contribution in [3.8, 4) is 5.75 Å². The molecule has 4 aliphatic carbocycles. The number of hydrogen-bond donors (Lipinski definition) is 6. The summed E-state index contributed by atoms with van der Waals surface area (Å²) in [7, 11) is 0. The van der Waals surface area contributed by atoms with Crippen LogP contribution in [0, 0.1) is 30.1 Å². The average Bonchev–Trinajstić information content (AvgIpc) is 2.74. The first-order valence-corrected chi connectivity index (χ1v) is 11.4. The summed E-state index contributed by atoms with van der Waals surface area (Å²) < 4.78 is 0. The standard InChI is InChI=1S/C25H25N2O8/c26-14-5-4-10-6-12-11(7-15(28)9-2-1-3-9)13-8-16(29)19(24(27)34)23(33)25(13,35)22(32)18(12)21(31)17(10)20(14)30/h4-6,9,11-13,30-31,33,35H,1-3,7-8,26H2,(H2,27,34)/t11-,12-,13+,25-/m0/s1. The molecule has 4 aliphatic rings. The Morgan fingerprint density at radius 3 is 2.40 bits per heavy atom. The first kappa shape index (κ1) is 23.1.